The number of rotatable bonds is 3. The summed E-state index contributed by atoms with van der Waals surface area (Å²) in [5.41, 5.74) is 4.60. The van der Waals surface area contributed by atoms with Crippen LogP contribution >= 0.6 is 11.3 Å². The lowest BCUT2D eigenvalue weighted by atomic mass is 9.93. The summed E-state index contributed by atoms with van der Waals surface area (Å²) in [7, 11) is 0. The highest BCUT2D eigenvalue weighted by Crippen LogP contribution is 2.72. The highest BCUT2D eigenvalue weighted by molar-refractivity contribution is 7.17. The van der Waals surface area contributed by atoms with Gasteiger partial charge in [-0.25, -0.2) is 0 Å². The van der Waals surface area contributed by atoms with E-state index in [0.717, 1.165) is 29.6 Å². The molecule has 3 heteroatoms. The molecule has 2 bridgehead atoms. The lowest BCUT2D eigenvalue weighted by Crippen LogP contribution is -2.31. The van der Waals surface area contributed by atoms with E-state index in [1.807, 2.05) is 11.3 Å². The third-order valence-electron chi connectivity index (χ3n) is 6.20. The molecule has 20 heavy (non-hydrogen) atoms. The molecule has 1 aromatic heterocycles. The summed E-state index contributed by atoms with van der Waals surface area (Å²) in [5, 5.41) is 3.56. The van der Waals surface area contributed by atoms with Crippen LogP contribution in [0.15, 0.2) is 29.6 Å². The largest absolute Gasteiger partial charge is 0.271 e. The Balaban J connectivity index is 1.54. The zero-order valence-corrected chi connectivity index (χ0v) is 12.3. The van der Waals surface area contributed by atoms with Crippen molar-refractivity contribution in [1.82, 2.24) is 5.43 Å². The van der Waals surface area contributed by atoms with Gasteiger partial charge in [0.15, 0.2) is 0 Å². The number of thiophene rings is 1. The van der Waals surface area contributed by atoms with Crippen molar-refractivity contribution >= 4 is 21.4 Å². The van der Waals surface area contributed by atoms with E-state index in [4.69, 9.17) is 5.84 Å². The van der Waals surface area contributed by atoms with Gasteiger partial charge in [0.2, 0.25) is 0 Å². The van der Waals surface area contributed by atoms with E-state index in [2.05, 4.69) is 35.1 Å². The number of nitrogens with one attached hydrogen (secondary N) is 1. The van der Waals surface area contributed by atoms with Gasteiger partial charge in [-0.15, -0.1) is 11.3 Å². The van der Waals surface area contributed by atoms with E-state index in [0.29, 0.717) is 6.04 Å². The summed E-state index contributed by atoms with van der Waals surface area (Å²) in [6.45, 7) is 0. The minimum absolute atomic E-state index is 0.357. The van der Waals surface area contributed by atoms with E-state index in [9.17, 15) is 0 Å². The normalized spacial score (nSPS) is 39.1. The number of nitrogens with two attached hydrogens (primary N) is 1. The number of fused-ring (bicyclic) bond motifs is 6. The van der Waals surface area contributed by atoms with Crippen LogP contribution in [0.1, 0.15) is 30.9 Å². The zero-order valence-electron chi connectivity index (χ0n) is 11.5. The Labute approximate surface area is 123 Å². The summed E-state index contributed by atoms with van der Waals surface area (Å²) in [5.74, 6) is 10.7. The van der Waals surface area contributed by atoms with Crippen LogP contribution in [0.25, 0.3) is 10.1 Å². The third kappa shape index (κ3) is 1.41. The number of hydrazine groups is 1. The first-order valence-corrected chi connectivity index (χ1v) is 8.68. The first-order valence-electron chi connectivity index (χ1n) is 7.80. The van der Waals surface area contributed by atoms with Gasteiger partial charge in [0.25, 0.3) is 0 Å². The van der Waals surface area contributed by atoms with Crippen molar-refractivity contribution in [3.05, 3.63) is 35.2 Å². The average Bonchev–Trinajstić information content (AvgIpc) is 2.91. The molecule has 1 heterocycles. The monoisotopic (exact) mass is 284 g/mol. The van der Waals surface area contributed by atoms with Crippen LogP contribution in [0.3, 0.4) is 0 Å². The Morgan fingerprint density at radius 2 is 1.95 bits per heavy atom. The lowest BCUT2D eigenvalue weighted by Gasteiger charge is -2.20. The highest BCUT2D eigenvalue weighted by Gasteiger charge is 2.66. The number of hydrogen-bond acceptors (Lipinski definition) is 3. The van der Waals surface area contributed by atoms with E-state index >= 15 is 0 Å². The zero-order chi connectivity index (χ0) is 13.3. The first-order chi connectivity index (χ1) is 9.88. The quantitative estimate of drug-likeness (QED) is 0.666. The van der Waals surface area contributed by atoms with Crippen molar-refractivity contribution in [3.8, 4) is 0 Å². The Morgan fingerprint density at radius 3 is 2.70 bits per heavy atom. The maximum atomic E-state index is 5.97. The molecule has 0 spiro atoms. The summed E-state index contributed by atoms with van der Waals surface area (Å²) in [6.07, 6.45) is 4.46. The summed E-state index contributed by atoms with van der Waals surface area (Å²) in [4.78, 5) is 0. The minimum Gasteiger partial charge on any atom is -0.271 e. The fraction of sp³-hybridized carbons (Fsp3) is 0.529. The van der Waals surface area contributed by atoms with E-state index in [-0.39, 0.29) is 0 Å². The Hall–Kier alpha value is -0.900. The standard InChI is InChI=1S/C17H20N2S/c18-19-16(12-3-1-2-9-6-7-20-17(9)12)15-13-10-4-5-11(8-10)14(13)15/h1-3,6-7,10-11,13-16,19H,4-5,8,18H2. The van der Waals surface area contributed by atoms with Gasteiger partial charge >= 0.3 is 0 Å². The van der Waals surface area contributed by atoms with Crippen LogP contribution < -0.4 is 11.3 Å². The van der Waals surface area contributed by atoms with Crippen LogP contribution in [0.2, 0.25) is 0 Å². The van der Waals surface area contributed by atoms with Crippen molar-refractivity contribution in [2.24, 2.45) is 35.4 Å². The smallest absolute Gasteiger partial charge is 0.0508 e. The molecule has 3 aliphatic rings. The van der Waals surface area contributed by atoms with Gasteiger partial charge in [0, 0.05) is 4.70 Å². The molecular weight excluding hydrogens is 264 g/mol. The van der Waals surface area contributed by atoms with Gasteiger partial charge in [0.05, 0.1) is 6.04 Å². The minimum atomic E-state index is 0.357. The Kier molecular flexibility index (Phi) is 2.38. The average molecular weight is 284 g/mol. The molecule has 3 aliphatic carbocycles. The summed E-state index contributed by atoms with van der Waals surface area (Å²) < 4.78 is 1.42. The molecule has 3 saturated carbocycles. The molecule has 1 aromatic carbocycles. The molecule has 0 saturated heterocycles. The van der Waals surface area contributed by atoms with E-state index in [1.165, 1.54) is 34.9 Å². The number of benzene rings is 1. The third-order valence-corrected chi connectivity index (χ3v) is 7.18. The van der Waals surface area contributed by atoms with Crippen LogP contribution in [0.4, 0.5) is 0 Å². The van der Waals surface area contributed by atoms with Gasteiger partial charge in [-0.2, -0.15) is 0 Å². The molecule has 5 rings (SSSR count). The molecular formula is C17H20N2S. The molecule has 0 radical (unpaired) electrons. The molecule has 0 amide bonds. The maximum absolute atomic E-state index is 5.97. The van der Waals surface area contributed by atoms with Crippen molar-refractivity contribution < 1.29 is 0 Å². The fourth-order valence-electron chi connectivity index (χ4n) is 5.51. The van der Waals surface area contributed by atoms with Crippen molar-refractivity contribution in [2.45, 2.75) is 25.3 Å². The predicted octanol–water partition coefficient (Wildman–Crippen LogP) is 3.70. The molecule has 3 N–H and O–H groups in total. The molecule has 104 valence electrons. The van der Waals surface area contributed by atoms with E-state index < -0.39 is 0 Å². The van der Waals surface area contributed by atoms with Crippen molar-refractivity contribution in [1.29, 1.82) is 0 Å². The van der Waals surface area contributed by atoms with Crippen LogP contribution in [0, 0.1) is 29.6 Å². The maximum Gasteiger partial charge on any atom is 0.0508 e. The molecule has 5 atom stereocenters. The highest BCUT2D eigenvalue weighted by atomic mass is 32.1. The summed E-state index contributed by atoms with van der Waals surface area (Å²) in [6, 6.07) is 9.24. The van der Waals surface area contributed by atoms with Crippen LogP contribution in [0.5, 0.6) is 0 Å². The second kappa shape index (κ2) is 4.06. The lowest BCUT2D eigenvalue weighted by molar-refractivity contribution is 0.375. The SMILES string of the molecule is NNC(c1cccc2ccsc12)C1C2C3CCC(C3)C21. The van der Waals surface area contributed by atoms with Gasteiger partial charge in [-0.05, 0) is 71.2 Å². The predicted molar refractivity (Wildman–Crippen MR) is 83.2 cm³/mol. The topological polar surface area (TPSA) is 38.0 Å². The molecule has 5 unspecified atom stereocenters. The van der Waals surface area contributed by atoms with Crippen LogP contribution in [-0.4, -0.2) is 0 Å². The number of hydrogen-bond donors (Lipinski definition) is 2. The van der Waals surface area contributed by atoms with Gasteiger partial charge < -0.3 is 0 Å². The van der Waals surface area contributed by atoms with Gasteiger partial charge in [0.1, 0.15) is 0 Å². The fourth-order valence-corrected chi connectivity index (χ4v) is 6.46. The Bertz CT molecular complexity index is 648. The van der Waals surface area contributed by atoms with Crippen molar-refractivity contribution in [2.75, 3.05) is 0 Å². The van der Waals surface area contributed by atoms with Crippen molar-refractivity contribution in [3.63, 3.8) is 0 Å². The molecule has 2 aromatic rings. The van der Waals surface area contributed by atoms with Gasteiger partial charge in [-0.3, -0.25) is 11.3 Å². The van der Waals surface area contributed by atoms with Crippen LogP contribution in [-0.2, 0) is 0 Å². The Morgan fingerprint density at radius 1 is 1.15 bits per heavy atom. The summed E-state index contributed by atoms with van der Waals surface area (Å²) >= 11 is 1.85. The molecule has 2 nitrogen and oxygen atoms in total. The van der Waals surface area contributed by atoms with Gasteiger partial charge in [-0.1, -0.05) is 18.2 Å². The first kappa shape index (κ1) is 11.7. The molecule has 0 aliphatic heterocycles. The second-order valence-electron chi connectivity index (χ2n) is 6.90. The molecule has 3 fully saturated rings. The van der Waals surface area contributed by atoms with E-state index in [1.54, 1.807) is 0 Å². The second-order valence-corrected chi connectivity index (χ2v) is 7.81.